The number of carbonyl (C=O) groups is 3. The summed E-state index contributed by atoms with van der Waals surface area (Å²) in [6.45, 7) is 1.49. The van der Waals surface area contributed by atoms with Gasteiger partial charge in [-0.3, -0.25) is 9.59 Å². The van der Waals surface area contributed by atoms with Gasteiger partial charge in [0.05, 0.1) is 12.7 Å². The van der Waals surface area contributed by atoms with Crippen LogP contribution in [0, 0.1) is 0 Å². The lowest BCUT2D eigenvalue weighted by Gasteiger charge is -2.09. The van der Waals surface area contributed by atoms with Crippen LogP contribution in [-0.4, -0.2) is 29.8 Å². The van der Waals surface area contributed by atoms with E-state index in [1.807, 2.05) is 0 Å². The third kappa shape index (κ3) is 5.04. The molecule has 0 aliphatic heterocycles. The number of ether oxygens (including phenoxy) is 1. The van der Waals surface area contributed by atoms with E-state index in [1.165, 1.54) is 20.2 Å². The SMILES string of the molecule is COC(=O)c1ccc(Nc2cc(C(=O)Nc3ccc(C(C)=O)cc3)ccn2)cc1. The van der Waals surface area contributed by atoms with Crippen molar-refractivity contribution >= 4 is 34.9 Å². The first kappa shape index (κ1) is 19.8. The van der Waals surface area contributed by atoms with Gasteiger partial charge >= 0.3 is 5.97 Å². The van der Waals surface area contributed by atoms with Crippen molar-refractivity contribution in [2.75, 3.05) is 17.7 Å². The van der Waals surface area contributed by atoms with Crippen LogP contribution in [0.2, 0.25) is 0 Å². The molecule has 7 nitrogen and oxygen atoms in total. The fourth-order valence-electron chi connectivity index (χ4n) is 2.59. The molecule has 0 fully saturated rings. The normalized spacial score (nSPS) is 10.1. The second kappa shape index (κ2) is 8.79. The van der Waals surface area contributed by atoms with Gasteiger partial charge < -0.3 is 15.4 Å². The van der Waals surface area contributed by atoms with E-state index in [9.17, 15) is 14.4 Å². The average Bonchev–Trinajstić information content (AvgIpc) is 2.74. The van der Waals surface area contributed by atoms with Crippen LogP contribution in [-0.2, 0) is 4.74 Å². The van der Waals surface area contributed by atoms with Crippen LogP contribution in [0.5, 0.6) is 0 Å². The van der Waals surface area contributed by atoms with Crippen LogP contribution < -0.4 is 10.6 Å². The number of pyridine rings is 1. The molecule has 0 atom stereocenters. The molecule has 3 aromatic rings. The van der Waals surface area contributed by atoms with Gasteiger partial charge in [-0.1, -0.05) is 0 Å². The molecule has 0 bridgehead atoms. The summed E-state index contributed by atoms with van der Waals surface area (Å²) in [5.74, 6) is -0.264. The highest BCUT2D eigenvalue weighted by Gasteiger charge is 2.09. The van der Waals surface area contributed by atoms with Crippen LogP contribution >= 0.6 is 0 Å². The predicted molar refractivity (Wildman–Crippen MR) is 110 cm³/mol. The Labute approximate surface area is 167 Å². The number of benzene rings is 2. The molecular weight excluding hydrogens is 370 g/mol. The standard InChI is InChI=1S/C22H19N3O4/c1-14(26)15-3-7-19(8-4-15)25-21(27)17-11-12-23-20(13-17)24-18-9-5-16(6-10-18)22(28)29-2/h3-13H,1-2H3,(H,23,24)(H,25,27). The summed E-state index contributed by atoms with van der Waals surface area (Å²) in [6.07, 6.45) is 1.53. The molecule has 2 aromatic carbocycles. The van der Waals surface area contributed by atoms with Crippen LogP contribution in [0.1, 0.15) is 38.0 Å². The molecule has 0 unspecified atom stereocenters. The summed E-state index contributed by atoms with van der Waals surface area (Å²) >= 11 is 0. The van der Waals surface area contributed by atoms with Gasteiger partial charge in [-0.2, -0.15) is 0 Å². The first-order valence-corrected chi connectivity index (χ1v) is 8.80. The number of anilines is 3. The Bertz CT molecular complexity index is 1040. The number of methoxy groups -OCH3 is 1. The summed E-state index contributed by atoms with van der Waals surface area (Å²) in [5.41, 5.74) is 2.74. The number of nitrogens with zero attached hydrogens (tertiary/aromatic N) is 1. The van der Waals surface area contributed by atoms with E-state index >= 15 is 0 Å². The van der Waals surface area contributed by atoms with Crippen molar-refractivity contribution in [3.05, 3.63) is 83.6 Å². The van der Waals surface area contributed by atoms with Gasteiger partial charge in [-0.15, -0.1) is 0 Å². The first-order chi connectivity index (χ1) is 14.0. The topological polar surface area (TPSA) is 97.4 Å². The summed E-state index contributed by atoms with van der Waals surface area (Å²) in [5, 5.41) is 5.87. The summed E-state index contributed by atoms with van der Waals surface area (Å²) in [6, 6.07) is 16.6. The molecule has 7 heteroatoms. The fraction of sp³-hybridized carbons (Fsp3) is 0.0909. The highest BCUT2D eigenvalue weighted by atomic mass is 16.5. The zero-order chi connectivity index (χ0) is 20.8. The van der Waals surface area contributed by atoms with Crippen molar-refractivity contribution in [1.82, 2.24) is 4.98 Å². The Morgan fingerprint density at radius 3 is 2.07 bits per heavy atom. The summed E-state index contributed by atoms with van der Waals surface area (Å²) in [4.78, 5) is 39.5. The maximum absolute atomic E-state index is 12.5. The van der Waals surface area contributed by atoms with E-state index < -0.39 is 5.97 Å². The van der Waals surface area contributed by atoms with Crippen molar-refractivity contribution in [2.24, 2.45) is 0 Å². The van der Waals surface area contributed by atoms with Crippen LogP contribution in [0.15, 0.2) is 66.9 Å². The molecule has 1 aromatic heterocycles. The Kier molecular flexibility index (Phi) is 5.99. The largest absolute Gasteiger partial charge is 0.465 e. The lowest BCUT2D eigenvalue weighted by Crippen LogP contribution is -2.12. The molecule has 29 heavy (non-hydrogen) atoms. The maximum atomic E-state index is 12.5. The molecule has 1 amide bonds. The lowest BCUT2D eigenvalue weighted by molar-refractivity contribution is 0.0600. The third-order valence-electron chi connectivity index (χ3n) is 4.15. The van der Waals surface area contributed by atoms with Gasteiger partial charge in [0.15, 0.2) is 5.78 Å². The molecule has 0 radical (unpaired) electrons. The summed E-state index contributed by atoms with van der Waals surface area (Å²) in [7, 11) is 1.33. The summed E-state index contributed by atoms with van der Waals surface area (Å²) < 4.78 is 4.67. The van der Waals surface area contributed by atoms with E-state index in [2.05, 4.69) is 20.4 Å². The number of nitrogens with one attached hydrogen (secondary N) is 2. The van der Waals surface area contributed by atoms with Gasteiger partial charge in [-0.05, 0) is 67.6 Å². The molecule has 1 heterocycles. The van der Waals surface area contributed by atoms with Gasteiger partial charge in [0.25, 0.3) is 5.91 Å². The number of hydrogen-bond acceptors (Lipinski definition) is 6. The Morgan fingerprint density at radius 1 is 0.828 bits per heavy atom. The van der Waals surface area contributed by atoms with E-state index in [-0.39, 0.29) is 11.7 Å². The fourth-order valence-corrected chi connectivity index (χ4v) is 2.59. The second-order valence-corrected chi connectivity index (χ2v) is 6.21. The maximum Gasteiger partial charge on any atom is 0.337 e. The minimum Gasteiger partial charge on any atom is -0.465 e. The monoisotopic (exact) mass is 389 g/mol. The van der Waals surface area contributed by atoms with Crippen molar-refractivity contribution in [3.63, 3.8) is 0 Å². The molecule has 0 saturated heterocycles. The molecular formula is C22H19N3O4. The quantitative estimate of drug-likeness (QED) is 0.487. The van der Waals surface area contributed by atoms with E-state index in [0.29, 0.717) is 33.9 Å². The van der Waals surface area contributed by atoms with E-state index in [4.69, 9.17) is 0 Å². The van der Waals surface area contributed by atoms with Crippen molar-refractivity contribution in [2.45, 2.75) is 6.92 Å². The van der Waals surface area contributed by atoms with E-state index in [0.717, 1.165) is 0 Å². The van der Waals surface area contributed by atoms with Gasteiger partial charge in [0, 0.05) is 28.7 Å². The number of hydrogen-bond donors (Lipinski definition) is 2. The molecule has 0 aliphatic rings. The number of carbonyl (C=O) groups excluding carboxylic acids is 3. The number of esters is 1. The van der Waals surface area contributed by atoms with Crippen molar-refractivity contribution in [1.29, 1.82) is 0 Å². The molecule has 0 spiro atoms. The number of rotatable bonds is 6. The van der Waals surface area contributed by atoms with Gasteiger partial charge in [0.1, 0.15) is 5.82 Å². The predicted octanol–water partition coefficient (Wildman–Crippen LogP) is 4.07. The number of Topliss-reactive ketones (excluding diaryl/α,β-unsaturated/α-hetero) is 1. The smallest absolute Gasteiger partial charge is 0.337 e. The number of amides is 1. The first-order valence-electron chi connectivity index (χ1n) is 8.80. The minimum absolute atomic E-state index is 0.0349. The van der Waals surface area contributed by atoms with Crippen molar-refractivity contribution in [3.8, 4) is 0 Å². The Morgan fingerprint density at radius 2 is 1.45 bits per heavy atom. The molecule has 0 saturated carbocycles. The Balaban J connectivity index is 1.69. The van der Waals surface area contributed by atoms with Crippen LogP contribution in [0.4, 0.5) is 17.2 Å². The zero-order valence-corrected chi connectivity index (χ0v) is 15.9. The number of aromatic nitrogens is 1. The molecule has 3 rings (SSSR count). The third-order valence-corrected chi connectivity index (χ3v) is 4.15. The molecule has 146 valence electrons. The number of ketones is 1. The van der Waals surface area contributed by atoms with E-state index in [1.54, 1.807) is 60.7 Å². The van der Waals surface area contributed by atoms with Crippen LogP contribution in [0.25, 0.3) is 0 Å². The van der Waals surface area contributed by atoms with Crippen LogP contribution in [0.3, 0.4) is 0 Å². The van der Waals surface area contributed by atoms with Gasteiger partial charge in [-0.25, -0.2) is 9.78 Å². The lowest BCUT2D eigenvalue weighted by atomic mass is 10.1. The van der Waals surface area contributed by atoms with Gasteiger partial charge in [0.2, 0.25) is 0 Å². The average molecular weight is 389 g/mol. The zero-order valence-electron chi connectivity index (χ0n) is 15.9. The molecule has 2 N–H and O–H groups in total. The highest BCUT2D eigenvalue weighted by molar-refractivity contribution is 6.05. The second-order valence-electron chi connectivity index (χ2n) is 6.21. The molecule has 0 aliphatic carbocycles. The highest BCUT2D eigenvalue weighted by Crippen LogP contribution is 2.18. The minimum atomic E-state index is -0.412. The Hall–Kier alpha value is -4.00. The van der Waals surface area contributed by atoms with Crippen molar-refractivity contribution < 1.29 is 19.1 Å².